The molecular weight excluding hydrogens is 461 g/mol. The largest absolute Gasteiger partial charge is 1.00 e. The van der Waals surface area contributed by atoms with E-state index in [1.54, 1.807) is 0 Å². The predicted molar refractivity (Wildman–Crippen MR) is 87.3 cm³/mol. The molecule has 1 aromatic carbocycles. The number of oxime groups is 1. The topological polar surface area (TPSA) is 42.3 Å². The van der Waals surface area contributed by atoms with Crippen LogP contribution in [0.2, 0.25) is 0 Å². The average Bonchev–Trinajstić information content (AvgIpc) is 2.44. The van der Waals surface area contributed by atoms with Crippen LogP contribution < -0.4 is 17.0 Å². The molecule has 0 amide bonds. The molecule has 120 valence electrons. The molecule has 4 aliphatic heterocycles. The van der Waals surface area contributed by atoms with Gasteiger partial charge < -0.3 is 22.2 Å². The van der Waals surface area contributed by atoms with Gasteiger partial charge in [0, 0.05) is 9.13 Å². The summed E-state index contributed by atoms with van der Waals surface area (Å²) >= 11 is 2.29. The number of rotatable bonds is 3. The molecular formula is C14H19BrIN5O. The van der Waals surface area contributed by atoms with Gasteiger partial charge in [0.25, 0.3) is 0 Å². The molecule has 5 rings (SSSR count). The van der Waals surface area contributed by atoms with Crippen molar-refractivity contribution in [3.05, 3.63) is 33.4 Å². The van der Waals surface area contributed by atoms with E-state index in [2.05, 4.69) is 54.6 Å². The van der Waals surface area contributed by atoms with E-state index < -0.39 is 0 Å². The molecule has 4 bridgehead atoms. The fourth-order valence-electron chi connectivity index (χ4n) is 3.95. The molecule has 0 atom stereocenters. The molecule has 6 nitrogen and oxygen atoms in total. The molecule has 4 fully saturated rings. The summed E-state index contributed by atoms with van der Waals surface area (Å²) in [6.45, 7) is 7.16. The van der Waals surface area contributed by atoms with Crippen LogP contribution in [-0.2, 0) is 0 Å². The molecule has 0 aliphatic carbocycles. The van der Waals surface area contributed by atoms with Crippen LogP contribution in [0.3, 0.4) is 0 Å². The summed E-state index contributed by atoms with van der Waals surface area (Å²) in [4.78, 5) is 7.41. The van der Waals surface area contributed by atoms with E-state index in [1.165, 1.54) is 3.57 Å². The quantitative estimate of drug-likeness (QED) is 0.179. The van der Waals surface area contributed by atoms with Crippen molar-refractivity contribution in [2.75, 3.05) is 46.6 Å². The smallest absolute Gasteiger partial charge is 0.141 e. The van der Waals surface area contributed by atoms with Crippen molar-refractivity contribution in [3.63, 3.8) is 0 Å². The van der Waals surface area contributed by atoms with Crippen LogP contribution in [0.4, 0.5) is 0 Å². The third kappa shape index (κ3) is 3.04. The fourth-order valence-corrected chi connectivity index (χ4v) is 4.31. The fraction of sp³-hybridized carbons (Fsp3) is 0.500. The molecule has 1 aromatic rings. The van der Waals surface area contributed by atoms with Crippen molar-refractivity contribution in [1.29, 1.82) is 0 Å². The predicted octanol–water partition coefficient (Wildman–Crippen LogP) is -2.02. The maximum Gasteiger partial charge on any atom is 0.141 e. The van der Waals surface area contributed by atoms with Gasteiger partial charge in [-0.2, -0.15) is 0 Å². The van der Waals surface area contributed by atoms with Crippen LogP contribution in [0.5, 0.6) is 0 Å². The van der Waals surface area contributed by atoms with Crippen LogP contribution in [-0.4, -0.2) is 76.7 Å². The van der Waals surface area contributed by atoms with Gasteiger partial charge in [-0.3, -0.25) is 4.48 Å². The lowest BCUT2D eigenvalue weighted by Gasteiger charge is -2.60. The van der Waals surface area contributed by atoms with E-state index in [4.69, 9.17) is 0 Å². The van der Waals surface area contributed by atoms with Crippen LogP contribution in [0.25, 0.3) is 0 Å². The van der Waals surface area contributed by atoms with Gasteiger partial charge in [-0.1, -0.05) is 17.3 Å². The summed E-state index contributed by atoms with van der Waals surface area (Å²) in [5, 5.41) is 13.1. The summed E-state index contributed by atoms with van der Waals surface area (Å²) in [6.07, 6.45) is 0. The van der Waals surface area contributed by atoms with Gasteiger partial charge >= 0.3 is 0 Å². The lowest BCUT2D eigenvalue weighted by atomic mass is 10.1. The Morgan fingerprint density at radius 3 is 2.00 bits per heavy atom. The van der Waals surface area contributed by atoms with E-state index in [0.717, 1.165) is 62.3 Å². The van der Waals surface area contributed by atoms with Crippen molar-refractivity contribution in [2.45, 2.75) is 0 Å². The summed E-state index contributed by atoms with van der Waals surface area (Å²) in [5.74, 6) is 0. The molecule has 0 saturated carbocycles. The minimum atomic E-state index is 0. The lowest BCUT2D eigenvalue weighted by Crippen LogP contribution is -3.00. The minimum Gasteiger partial charge on any atom is -1.00 e. The average molecular weight is 480 g/mol. The van der Waals surface area contributed by atoms with E-state index in [9.17, 15) is 5.21 Å². The van der Waals surface area contributed by atoms with Crippen LogP contribution in [0.1, 0.15) is 5.56 Å². The maximum atomic E-state index is 9.49. The first-order valence-electron chi connectivity index (χ1n) is 7.15. The Morgan fingerprint density at radius 2 is 1.55 bits per heavy atom. The first kappa shape index (κ1) is 16.6. The van der Waals surface area contributed by atoms with E-state index in [0.29, 0.717) is 0 Å². The Bertz CT molecular complexity index is 544. The molecule has 4 saturated heterocycles. The van der Waals surface area contributed by atoms with Gasteiger partial charge in [-0.15, -0.1) is 0 Å². The Hall–Kier alpha value is -0.260. The standard InChI is InChI=1S/C14H18IN5O.BrH/c15-13-3-1-12(2-4-13)14(16-21)5-20-9-17-6-18(10-20)8-19(7-17)11-20;/h1-4H,5-11H2;1H. The highest BCUT2D eigenvalue weighted by molar-refractivity contribution is 14.1. The highest BCUT2D eigenvalue weighted by Gasteiger charge is 2.49. The second-order valence-corrected chi connectivity index (χ2v) is 7.66. The zero-order valence-corrected chi connectivity index (χ0v) is 15.9. The molecule has 4 aliphatic rings. The molecule has 1 N–H and O–H groups in total. The van der Waals surface area contributed by atoms with Crippen molar-refractivity contribution >= 4 is 28.3 Å². The van der Waals surface area contributed by atoms with Crippen LogP contribution in [0.15, 0.2) is 29.4 Å². The van der Waals surface area contributed by atoms with Crippen molar-refractivity contribution in [2.24, 2.45) is 5.16 Å². The summed E-state index contributed by atoms with van der Waals surface area (Å²) in [7, 11) is 0. The second-order valence-electron chi connectivity index (χ2n) is 6.41. The molecule has 22 heavy (non-hydrogen) atoms. The Kier molecular flexibility index (Phi) is 4.77. The monoisotopic (exact) mass is 479 g/mol. The van der Waals surface area contributed by atoms with Gasteiger partial charge in [0.2, 0.25) is 0 Å². The molecule has 0 unspecified atom stereocenters. The number of quaternary nitrogens is 1. The minimum absolute atomic E-state index is 0. The third-order valence-electron chi connectivity index (χ3n) is 4.48. The number of benzene rings is 1. The zero-order chi connectivity index (χ0) is 14.4. The van der Waals surface area contributed by atoms with Crippen molar-refractivity contribution in [3.8, 4) is 0 Å². The van der Waals surface area contributed by atoms with Crippen molar-refractivity contribution < 1.29 is 26.7 Å². The van der Waals surface area contributed by atoms with Gasteiger partial charge in [-0.05, 0) is 34.7 Å². The SMILES string of the molecule is ON=C(C[N+]12CN3CN(CN(C3)C1)C2)c1ccc(I)cc1.[Br-]. The van der Waals surface area contributed by atoms with E-state index >= 15 is 0 Å². The Morgan fingerprint density at radius 1 is 1.05 bits per heavy atom. The number of halogens is 2. The van der Waals surface area contributed by atoms with E-state index in [-0.39, 0.29) is 17.0 Å². The molecule has 0 spiro atoms. The van der Waals surface area contributed by atoms with E-state index in [1.807, 2.05) is 12.1 Å². The van der Waals surface area contributed by atoms with Crippen LogP contribution in [0, 0.1) is 3.57 Å². The third-order valence-corrected chi connectivity index (χ3v) is 5.20. The zero-order valence-electron chi connectivity index (χ0n) is 12.2. The first-order chi connectivity index (χ1) is 10.2. The summed E-state index contributed by atoms with van der Waals surface area (Å²) in [6, 6.07) is 8.21. The molecule has 0 radical (unpaired) electrons. The van der Waals surface area contributed by atoms with Gasteiger partial charge in [0.1, 0.15) is 32.3 Å². The van der Waals surface area contributed by atoms with Crippen molar-refractivity contribution in [1.82, 2.24) is 14.7 Å². The lowest BCUT2D eigenvalue weighted by molar-refractivity contribution is -0.972. The maximum absolute atomic E-state index is 9.49. The van der Waals surface area contributed by atoms with Gasteiger partial charge in [0.05, 0.1) is 20.0 Å². The van der Waals surface area contributed by atoms with Crippen LogP contribution >= 0.6 is 22.6 Å². The van der Waals surface area contributed by atoms with Gasteiger partial charge in [0.15, 0.2) is 0 Å². The molecule has 8 heteroatoms. The Balaban J connectivity index is 0.00000144. The summed E-state index contributed by atoms with van der Waals surface area (Å²) in [5.41, 5.74) is 1.81. The molecule has 0 aromatic heterocycles. The highest BCUT2D eigenvalue weighted by atomic mass is 127. The second kappa shape index (κ2) is 6.33. The summed E-state index contributed by atoms with van der Waals surface area (Å²) < 4.78 is 2.15. The van der Waals surface area contributed by atoms with Gasteiger partial charge in [-0.25, -0.2) is 14.7 Å². The first-order valence-corrected chi connectivity index (χ1v) is 8.23. The Labute approximate surface area is 154 Å². The number of nitrogens with zero attached hydrogens (tertiary/aromatic N) is 5. The highest BCUT2D eigenvalue weighted by Crippen LogP contribution is 2.29. The number of hydrogen-bond donors (Lipinski definition) is 1. The molecule has 4 heterocycles. The number of hydrogen-bond acceptors (Lipinski definition) is 5. The normalized spacial score (nSPS) is 36.2.